The molecule has 15 heavy (non-hydrogen) atoms. The van der Waals surface area contributed by atoms with Gasteiger partial charge in [0, 0.05) is 32.2 Å². The van der Waals surface area contributed by atoms with Gasteiger partial charge in [0.2, 0.25) is 5.91 Å². The van der Waals surface area contributed by atoms with Crippen molar-refractivity contribution in [2.75, 3.05) is 32.8 Å². The van der Waals surface area contributed by atoms with Crippen LogP contribution in [0.15, 0.2) is 0 Å². The lowest BCUT2D eigenvalue weighted by molar-refractivity contribution is -0.122. The van der Waals surface area contributed by atoms with E-state index in [2.05, 4.69) is 17.6 Å². The van der Waals surface area contributed by atoms with Gasteiger partial charge in [-0.1, -0.05) is 6.92 Å². The maximum Gasteiger partial charge on any atom is 0.223 e. The molecule has 0 aromatic heterocycles. The van der Waals surface area contributed by atoms with Crippen LogP contribution in [0.2, 0.25) is 0 Å². The molecule has 1 saturated carbocycles. The quantitative estimate of drug-likeness (QED) is 0.550. The molecule has 0 bridgehead atoms. The summed E-state index contributed by atoms with van der Waals surface area (Å²) in [7, 11) is 0. The van der Waals surface area contributed by atoms with Gasteiger partial charge < -0.3 is 15.4 Å². The fourth-order valence-electron chi connectivity index (χ4n) is 1.28. The Morgan fingerprint density at radius 1 is 1.27 bits per heavy atom. The molecule has 0 heterocycles. The van der Waals surface area contributed by atoms with Crippen LogP contribution in [0.3, 0.4) is 0 Å². The van der Waals surface area contributed by atoms with Crippen molar-refractivity contribution in [3.05, 3.63) is 0 Å². The molecular weight excluding hydrogens is 192 g/mol. The van der Waals surface area contributed by atoms with E-state index in [1.807, 2.05) is 0 Å². The Labute approximate surface area is 91.8 Å². The first-order chi connectivity index (χ1) is 7.34. The molecule has 0 spiro atoms. The normalized spacial score (nSPS) is 15.3. The van der Waals surface area contributed by atoms with Gasteiger partial charge in [0.05, 0.1) is 6.61 Å². The zero-order valence-corrected chi connectivity index (χ0v) is 9.55. The van der Waals surface area contributed by atoms with Crippen molar-refractivity contribution in [2.45, 2.75) is 26.2 Å². The highest BCUT2D eigenvalue weighted by Crippen LogP contribution is 2.28. The Bertz CT molecular complexity index is 181. The van der Waals surface area contributed by atoms with Crippen molar-refractivity contribution < 1.29 is 9.53 Å². The highest BCUT2D eigenvalue weighted by atomic mass is 16.5. The summed E-state index contributed by atoms with van der Waals surface area (Å²) in [6.45, 7) is 6.10. The van der Waals surface area contributed by atoms with Crippen LogP contribution in [0.25, 0.3) is 0 Å². The topological polar surface area (TPSA) is 50.4 Å². The van der Waals surface area contributed by atoms with E-state index in [1.54, 1.807) is 0 Å². The summed E-state index contributed by atoms with van der Waals surface area (Å²) >= 11 is 0. The van der Waals surface area contributed by atoms with Gasteiger partial charge in [0.1, 0.15) is 0 Å². The van der Waals surface area contributed by atoms with Crippen molar-refractivity contribution in [1.29, 1.82) is 0 Å². The highest BCUT2D eigenvalue weighted by molar-refractivity contribution is 5.80. The molecule has 4 nitrogen and oxygen atoms in total. The standard InChI is InChI=1S/C11H22N2O2/c1-2-8-15-9-7-12-5-6-13-11(14)10-3-4-10/h10,12H,2-9H2,1H3,(H,13,14). The summed E-state index contributed by atoms with van der Waals surface area (Å²) in [5, 5.41) is 6.12. The number of carbonyl (C=O) groups excluding carboxylic acids is 1. The first-order valence-corrected chi connectivity index (χ1v) is 5.90. The van der Waals surface area contributed by atoms with E-state index in [0.29, 0.717) is 5.92 Å². The maximum absolute atomic E-state index is 11.2. The molecule has 2 N–H and O–H groups in total. The van der Waals surface area contributed by atoms with Gasteiger partial charge in [-0.05, 0) is 19.3 Å². The van der Waals surface area contributed by atoms with Gasteiger partial charge in [0.15, 0.2) is 0 Å². The SMILES string of the molecule is CCCOCCNCCNC(=O)C1CC1. The Morgan fingerprint density at radius 2 is 2.07 bits per heavy atom. The number of amides is 1. The molecule has 0 aliphatic heterocycles. The van der Waals surface area contributed by atoms with Gasteiger partial charge in [-0.25, -0.2) is 0 Å². The van der Waals surface area contributed by atoms with Crippen LogP contribution in [0.4, 0.5) is 0 Å². The minimum absolute atomic E-state index is 0.221. The number of hydrogen-bond acceptors (Lipinski definition) is 3. The van der Waals surface area contributed by atoms with Gasteiger partial charge in [-0.3, -0.25) is 4.79 Å². The van der Waals surface area contributed by atoms with Crippen LogP contribution in [0.1, 0.15) is 26.2 Å². The van der Waals surface area contributed by atoms with E-state index in [9.17, 15) is 4.79 Å². The molecule has 0 saturated heterocycles. The molecule has 0 atom stereocenters. The fraction of sp³-hybridized carbons (Fsp3) is 0.909. The van der Waals surface area contributed by atoms with Crippen molar-refractivity contribution >= 4 is 5.91 Å². The second kappa shape index (κ2) is 7.65. The van der Waals surface area contributed by atoms with Crippen LogP contribution in [0.5, 0.6) is 0 Å². The summed E-state index contributed by atoms with van der Waals surface area (Å²) < 4.78 is 5.31. The zero-order chi connectivity index (χ0) is 10.9. The third-order valence-corrected chi connectivity index (χ3v) is 2.32. The number of rotatable bonds is 9. The van der Waals surface area contributed by atoms with E-state index in [1.165, 1.54) is 0 Å². The third kappa shape index (κ3) is 6.47. The summed E-state index contributed by atoms with van der Waals surface area (Å²) in [6.07, 6.45) is 3.21. The molecule has 1 aliphatic rings. The van der Waals surface area contributed by atoms with Crippen LogP contribution in [-0.4, -0.2) is 38.8 Å². The molecule has 1 fully saturated rings. The van der Waals surface area contributed by atoms with E-state index < -0.39 is 0 Å². The Hall–Kier alpha value is -0.610. The van der Waals surface area contributed by atoms with E-state index in [0.717, 1.165) is 52.1 Å². The molecule has 4 heteroatoms. The average Bonchev–Trinajstić information content (AvgIpc) is 3.05. The Kier molecular flexibility index (Phi) is 6.36. The van der Waals surface area contributed by atoms with Gasteiger partial charge in [0.25, 0.3) is 0 Å². The van der Waals surface area contributed by atoms with Crippen LogP contribution in [-0.2, 0) is 9.53 Å². The Morgan fingerprint density at radius 3 is 2.73 bits per heavy atom. The lowest BCUT2D eigenvalue weighted by Crippen LogP contribution is -2.33. The second-order valence-corrected chi connectivity index (χ2v) is 3.93. The van der Waals surface area contributed by atoms with E-state index in [-0.39, 0.29) is 5.91 Å². The summed E-state index contributed by atoms with van der Waals surface area (Å²) in [5.74, 6) is 0.539. The molecular formula is C11H22N2O2. The molecule has 88 valence electrons. The van der Waals surface area contributed by atoms with Crippen molar-refractivity contribution in [3.63, 3.8) is 0 Å². The predicted molar refractivity (Wildman–Crippen MR) is 59.7 cm³/mol. The highest BCUT2D eigenvalue weighted by Gasteiger charge is 2.28. The zero-order valence-electron chi connectivity index (χ0n) is 9.55. The van der Waals surface area contributed by atoms with Gasteiger partial charge >= 0.3 is 0 Å². The minimum Gasteiger partial charge on any atom is -0.380 e. The largest absolute Gasteiger partial charge is 0.380 e. The second-order valence-electron chi connectivity index (χ2n) is 3.93. The predicted octanol–water partition coefficient (Wildman–Crippen LogP) is 0.529. The van der Waals surface area contributed by atoms with Crippen molar-refractivity contribution in [2.24, 2.45) is 5.92 Å². The van der Waals surface area contributed by atoms with Crippen molar-refractivity contribution in [1.82, 2.24) is 10.6 Å². The molecule has 1 aliphatic carbocycles. The average molecular weight is 214 g/mol. The first-order valence-electron chi connectivity index (χ1n) is 5.90. The number of ether oxygens (including phenoxy) is 1. The number of carbonyl (C=O) groups is 1. The smallest absolute Gasteiger partial charge is 0.223 e. The third-order valence-electron chi connectivity index (χ3n) is 2.32. The molecule has 0 aromatic carbocycles. The van der Waals surface area contributed by atoms with Gasteiger partial charge in [-0.2, -0.15) is 0 Å². The molecule has 0 radical (unpaired) electrons. The molecule has 1 rings (SSSR count). The van der Waals surface area contributed by atoms with Crippen molar-refractivity contribution in [3.8, 4) is 0 Å². The van der Waals surface area contributed by atoms with Crippen LogP contribution in [0, 0.1) is 5.92 Å². The molecule has 0 aromatic rings. The molecule has 1 amide bonds. The number of hydrogen-bond donors (Lipinski definition) is 2. The fourth-order valence-corrected chi connectivity index (χ4v) is 1.28. The van der Waals surface area contributed by atoms with Crippen LogP contribution >= 0.6 is 0 Å². The van der Waals surface area contributed by atoms with Crippen LogP contribution < -0.4 is 10.6 Å². The lowest BCUT2D eigenvalue weighted by Gasteiger charge is -2.06. The Balaban J connectivity index is 1.74. The van der Waals surface area contributed by atoms with E-state index >= 15 is 0 Å². The monoisotopic (exact) mass is 214 g/mol. The lowest BCUT2D eigenvalue weighted by atomic mass is 10.4. The number of nitrogens with one attached hydrogen (secondary N) is 2. The maximum atomic E-state index is 11.2. The summed E-state index contributed by atoms with van der Waals surface area (Å²) in [4.78, 5) is 11.2. The first kappa shape index (κ1) is 12.5. The minimum atomic E-state index is 0.221. The van der Waals surface area contributed by atoms with Gasteiger partial charge in [-0.15, -0.1) is 0 Å². The summed E-state index contributed by atoms with van der Waals surface area (Å²) in [5.41, 5.74) is 0. The van der Waals surface area contributed by atoms with E-state index in [4.69, 9.17) is 4.74 Å². The molecule has 0 unspecified atom stereocenters. The summed E-state index contributed by atoms with van der Waals surface area (Å²) in [6, 6.07) is 0.